The molecule has 0 spiro atoms. The number of aldehydes is 1. The summed E-state index contributed by atoms with van der Waals surface area (Å²) in [6.07, 6.45) is 14.5. The first-order chi connectivity index (χ1) is 23.6. The molecule has 0 bridgehead atoms. The quantitative estimate of drug-likeness (QED) is 0.125. The Bertz CT molecular complexity index is 1530. The van der Waals surface area contributed by atoms with Crippen LogP contribution >= 0.6 is 0 Å². The fourth-order valence-corrected chi connectivity index (χ4v) is 11.1. The van der Waals surface area contributed by atoms with Gasteiger partial charge in [-0.05, 0) is 92.6 Å². The smallest absolute Gasteiger partial charge is 0.315 e. The number of carbonyl (C=O) groups excluding carboxylic acids is 4. The van der Waals surface area contributed by atoms with Gasteiger partial charge in [0.05, 0.1) is 31.7 Å². The van der Waals surface area contributed by atoms with Crippen molar-refractivity contribution in [3.05, 3.63) is 51.5 Å². The molecule has 0 heterocycles. The number of aliphatic hydroxyl groups is 1. The third kappa shape index (κ3) is 6.92. The molecular weight excluding hydrogens is 717 g/mol. The molecular formula is C43H61O7Y-. The van der Waals surface area contributed by atoms with E-state index in [1.165, 1.54) is 36.9 Å². The number of esters is 2. The van der Waals surface area contributed by atoms with Crippen molar-refractivity contribution >= 4 is 24.0 Å². The predicted octanol–water partition coefficient (Wildman–Crippen LogP) is 8.41. The Morgan fingerprint density at radius 1 is 0.863 bits per heavy atom. The first kappa shape index (κ1) is 42.1. The molecule has 6 rings (SSSR count). The number of ether oxygens (including phenoxy) is 2. The summed E-state index contributed by atoms with van der Waals surface area (Å²) in [5, 5.41) is 9.69. The van der Waals surface area contributed by atoms with Gasteiger partial charge >= 0.3 is 11.9 Å². The molecule has 0 saturated heterocycles. The average Bonchev–Trinajstić information content (AvgIpc) is 3.63. The third-order valence-corrected chi connectivity index (χ3v) is 14.4. The van der Waals surface area contributed by atoms with E-state index in [1.54, 1.807) is 0 Å². The standard InChI is InChI=1S/C22H33O3.C21H28O4.Y/c1-14(2)17-8-9-22(20(24)25-5)11-10-21(4)15(3)12-16(13-23)6-7-18(21)19(17)22;1-13(2)15-7-8-21(19(24)25-4)10-9-20(3)16(18(15)21)6-5-14(12-22)11-17(20)23;/h6,14,18,23H,7-13H2,1-5H3;5,12-13,16H,6-11H2,1-4H3;/q-1;;/t18-,21+,22+;16-,20-,21+;/m11./s1. The zero-order valence-electron chi connectivity index (χ0n) is 32.7. The number of ketones is 1. The second-order valence-electron chi connectivity index (χ2n) is 17.2. The number of methoxy groups -OCH3 is 2. The number of fused-ring (bicyclic) bond motifs is 6. The van der Waals surface area contributed by atoms with Crippen LogP contribution in [0.3, 0.4) is 0 Å². The Hall–Kier alpha value is -1.70. The minimum absolute atomic E-state index is 0. The van der Waals surface area contributed by atoms with Crippen molar-refractivity contribution < 1.29 is 66.5 Å². The Balaban J connectivity index is 0.000000224. The van der Waals surface area contributed by atoms with Gasteiger partial charge in [-0.2, -0.15) is 13.3 Å². The molecule has 0 aromatic carbocycles. The minimum atomic E-state index is -0.571. The molecule has 0 aromatic heterocycles. The van der Waals surface area contributed by atoms with Crippen molar-refractivity contribution in [3.63, 3.8) is 0 Å². The monoisotopic (exact) mass is 778 g/mol. The fourth-order valence-electron chi connectivity index (χ4n) is 11.1. The van der Waals surface area contributed by atoms with Gasteiger partial charge in [0.2, 0.25) is 0 Å². The topological polar surface area (TPSA) is 107 Å². The maximum absolute atomic E-state index is 13.0. The van der Waals surface area contributed by atoms with Crippen LogP contribution in [0.1, 0.15) is 126 Å². The summed E-state index contributed by atoms with van der Waals surface area (Å²) in [6, 6.07) is 0. The summed E-state index contributed by atoms with van der Waals surface area (Å²) in [5.74, 6) is 2.55. The average molecular weight is 779 g/mol. The maximum atomic E-state index is 13.0. The zero-order valence-corrected chi connectivity index (χ0v) is 35.5. The second-order valence-corrected chi connectivity index (χ2v) is 17.2. The van der Waals surface area contributed by atoms with Crippen LogP contribution in [0.5, 0.6) is 0 Å². The number of hydrogen-bond acceptors (Lipinski definition) is 7. The number of carbonyl (C=O) groups is 4. The normalized spacial score (nSPS) is 34.8. The van der Waals surface area contributed by atoms with Crippen molar-refractivity contribution in [2.24, 2.45) is 45.3 Å². The summed E-state index contributed by atoms with van der Waals surface area (Å²) in [7, 11) is 2.99. The van der Waals surface area contributed by atoms with E-state index >= 15 is 0 Å². The number of aliphatic hydroxyl groups excluding tert-OH is 1. The second kappa shape index (κ2) is 16.0. The van der Waals surface area contributed by atoms with Crippen LogP contribution < -0.4 is 0 Å². The molecule has 6 aliphatic rings. The van der Waals surface area contributed by atoms with Gasteiger partial charge < -0.3 is 20.5 Å². The molecule has 279 valence electrons. The summed E-state index contributed by atoms with van der Waals surface area (Å²) in [5.41, 5.74) is 5.66. The summed E-state index contributed by atoms with van der Waals surface area (Å²) in [6.45, 7) is 15.6. The molecule has 2 saturated carbocycles. The van der Waals surface area contributed by atoms with E-state index in [4.69, 9.17) is 9.47 Å². The van der Waals surface area contributed by atoms with Gasteiger partial charge in [0, 0.05) is 44.5 Å². The number of rotatable bonds is 6. The van der Waals surface area contributed by atoms with Crippen LogP contribution in [0.15, 0.2) is 45.6 Å². The predicted molar refractivity (Wildman–Crippen MR) is 194 cm³/mol. The van der Waals surface area contributed by atoms with E-state index in [2.05, 4.69) is 47.6 Å². The first-order valence-corrected chi connectivity index (χ1v) is 19.0. The zero-order chi connectivity index (χ0) is 36.8. The number of allylic oxidation sites excluding steroid dienone is 5. The van der Waals surface area contributed by atoms with Gasteiger partial charge in [-0.3, -0.25) is 19.2 Å². The molecule has 0 aromatic rings. The van der Waals surface area contributed by atoms with Crippen molar-refractivity contribution in [2.45, 2.75) is 126 Å². The summed E-state index contributed by atoms with van der Waals surface area (Å²) < 4.78 is 10.5. The molecule has 0 unspecified atom stereocenters. The van der Waals surface area contributed by atoms with Crippen LogP contribution in [-0.2, 0) is 61.4 Å². The third-order valence-electron chi connectivity index (χ3n) is 14.4. The van der Waals surface area contributed by atoms with Gasteiger partial charge in [-0.15, -0.1) is 5.41 Å². The van der Waals surface area contributed by atoms with Crippen molar-refractivity contribution in [1.29, 1.82) is 0 Å². The molecule has 6 atom stereocenters. The van der Waals surface area contributed by atoms with E-state index in [0.717, 1.165) is 68.8 Å². The van der Waals surface area contributed by atoms with E-state index in [0.29, 0.717) is 42.6 Å². The van der Waals surface area contributed by atoms with Crippen molar-refractivity contribution in [2.75, 3.05) is 20.8 Å². The Morgan fingerprint density at radius 2 is 1.37 bits per heavy atom. The SMILES string of the molecule is COC(=O)[C@]12CCC(C(C)C)=C1[C@H]1CC=C(C=O)CC(=O)[C@]1(C)CC2.COC(=O)[C@]12CCC(C(C)C)=C1[C@H]1CC=C(CO)C[C-](C)[C@]1(C)CC2.[Y]. The minimum Gasteiger partial charge on any atom is -0.468 e. The van der Waals surface area contributed by atoms with Crippen LogP contribution in [0.4, 0.5) is 0 Å². The van der Waals surface area contributed by atoms with E-state index in [-0.39, 0.29) is 74.8 Å². The fraction of sp³-hybridized carbons (Fsp3) is 0.698. The molecule has 1 radical (unpaired) electrons. The van der Waals surface area contributed by atoms with Gasteiger partial charge in [-0.25, -0.2) is 0 Å². The maximum Gasteiger partial charge on any atom is 0.315 e. The van der Waals surface area contributed by atoms with Gasteiger partial charge in [-0.1, -0.05) is 82.4 Å². The van der Waals surface area contributed by atoms with Gasteiger partial charge in [0.15, 0.2) is 0 Å². The van der Waals surface area contributed by atoms with Crippen LogP contribution in [0.25, 0.3) is 0 Å². The molecule has 2 fully saturated rings. The van der Waals surface area contributed by atoms with Crippen LogP contribution in [-0.4, -0.2) is 49.9 Å². The van der Waals surface area contributed by atoms with E-state index in [1.807, 2.05) is 13.0 Å². The summed E-state index contributed by atoms with van der Waals surface area (Å²) in [4.78, 5) is 50.0. The van der Waals surface area contributed by atoms with Gasteiger partial charge in [0.1, 0.15) is 12.1 Å². The molecule has 0 aliphatic heterocycles. The van der Waals surface area contributed by atoms with E-state index < -0.39 is 16.2 Å². The molecule has 51 heavy (non-hydrogen) atoms. The Labute approximate surface area is 331 Å². The first-order valence-electron chi connectivity index (χ1n) is 19.0. The Kier molecular flexibility index (Phi) is 13.2. The molecule has 8 heteroatoms. The molecule has 7 nitrogen and oxygen atoms in total. The number of hydrogen-bond donors (Lipinski definition) is 1. The van der Waals surface area contributed by atoms with Crippen LogP contribution in [0, 0.1) is 51.2 Å². The molecule has 1 N–H and O–H groups in total. The summed E-state index contributed by atoms with van der Waals surface area (Å²) >= 11 is 0. The van der Waals surface area contributed by atoms with Gasteiger partial charge in [0.25, 0.3) is 0 Å². The largest absolute Gasteiger partial charge is 0.468 e. The van der Waals surface area contributed by atoms with Crippen molar-refractivity contribution in [1.82, 2.24) is 0 Å². The molecule has 6 aliphatic carbocycles. The Morgan fingerprint density at radius 3 is 1.86 bits per heavy atom. The van der Waals surface area contributed by atoms with Crippen molar-refractivity contribution in [3.8, 4) is 0 Å². The number of Topliss-reactive ketones (excluding diaryl/α,β-unsaturated/α-hetero) is 1. The van der Waals surface area contributed by atoms with E-state index in [9.17, 15) is 24.3 Å². The van der Waals surface area contributed by atoms with Crippen LogP contribution in [0.2, 0.25) is 0 Å². The molecule has 0 amide bonds.